The summed E-state index contributed by atoms with van der Waals surface area (Å²) < 4.78 is 0. The maximum absolute atomic E-state index is 11.9. The monoisotopic (exact) mass is 283 g/mol. The summed E-state index contributed by atoms with van der Waals surface area (Å²) in [6.45, 7) is 0.567. The molecule has 5 heteroatoms. The van der Waals surface area contributed by atoms with Gasteiger partial charge in [0.15, 0.2) is 0 Å². The third-order valence-corrected chi connectivity index (χ3v) is 3.81. The smallest absolute Gasteiger partial charge is 0.255 e. The Labute approximate surface area is 117 Å². The van der Waals surface area contributed by atoms with E-state index in [1.165, 1.54) is 18.2 Å². The standard InChI is InChI=1S/C14H18ClNO3/c15-10-3-6-13(18)12(7-10)14(19)16-8-9-1-4-11(17)5-2-9/h3,6-7,9,11,17-18H,1-2,4-5,8H2,(H,16,19). The summed E-state index contributed by atoms with van der Waals surface area (Å²) in [6, 6.07) is 4.40. The maximum atomic E-state index is 11.9. The Kier molecular flexibility index (Phi) is 4.66. The van der Waals surface area contributed by atoms with E-state index >= 15 is 0 Å². The summed E-state index contributed by atoms with van der Waals surface area (Å²) in [5.74, 6) is 0.0146. The van der Waals surface area contributed by atoms with Crippen LogP contribution in [0.25, 0.3) is 0 Å². The summed E-state index contributed by atoms with van der Waals surface area (Å²) in [5.41, 5.74) is 0.198. The van der Waals surface area contributed by atoms with Crippen LogP contribution >= 0.6 is 11.6 Å². The molecule has 19 heavy (non-hydrogen) atoms. The van der Waals surface area contributed by atoms with Crippen LogP contribution in [0, 0.1) is 5.92 Å². The summed E-state index contributed by atoms with van der Waals surface area (Å²) in [6.07, 6.45) is 3.24. The van der Waals surface area contributed by atoms with Gasteiger partial charge in [-0.2, -0.15) is 0 Å². The van der Waals surface area contributed by atoms with E-state index in [1.54, 1.807) is 0 Å². The van der Waals surface area contributed by atoms with Gasteiger partial charge in [-0.3, -0.25) is 4.79 Å². The van der Waals surface area contributed by atoms with Crippen LogP contribution in [0.15, 0.2) is 18.2 Å². The number of aliphatic hydroxyl groups is 1. The summed E-state index contributed by atoms with van der Waals surface area (Å²) in [4.78, 5) is 11.9. The molecule has 0 aromatic heterocycles. The van der Waals surface area contributed by atoms with E-state index in [-0.39, 0.29) is 23.3 Å². The van der Waals surface area contributed by atoms with Crippen molar-refractivity contribution in [3.05, 3.63) is 28.8 Å². The van der Waals surface area contributed by atoms with E-state index in [9.17, 15) is 15.0 Å². The first-order valence-corrected chi connectivity index (χ1v) is 6.89. The molecule has 1 saturated carbocycles. The van der Waals surface area contributed by atoms with Gasteiger partial charge in [0.05, 0.1) is 11.7 Å². The molecule has 0 heterocycles. The molecule has 0 spiro atoms. The normalized spacial score (nSPS) is 23.1. The molecule has 3 N–H and O–H groups in total. The molecule has 1 aliphatic carbocycles. The number of halogens is 1. The maximum Gasteiger partial charge on any atom is 0.255 e. The zero-order valence-corrected chi connectivity index (χ0v) is 11.4. The van der Waals surface area contributed by atoms with Crippen molar-refractivity contribution in [2.24, 2.45) is 5.92 Å². The zero-order chi connectivity index (χ0) is 13.8. The quantitative estimate of drug-likeness (QED) is 0.797. The van der Waals surface area contributed by atoms with Crippen LogP contribution in [0.4, 0.5) is 0 Å². The lowest BCUT2D eigenvalue weighted by atomic mass is 9.87. The number of aromatic hydroxyl groups is 1. The second kappa shape index (κ2) is 6.26. The van der Waals surface area contributed by atoms with Gasteiger partial charge in [-0.1, -0.05) is 11.6 Å². The number of phenolic OH excluding ortho intramolecular Hbond substituents is 1. The topological polar surface area (TPSA) is 69.6 Å². The Hall–Kier alpha value is -1.26. The third kappa shape index (κ3) is 3.85. The second-order valence-electron chi connectivity index (χ2n) is 5.05. The Balaban J connectivity index is 1.89. The number of carbonyl (C=O) groups excluding carboxylic acids is 1. The molecular weight excluding hydrogens is 266 g/mol. The van der Waals surface area contributed by atoms with Crippen molar-refractivity contribution in [2.75, 3.05) is 6.54 Å². The predicted molar refractivity (Wildman–Crippen MR) is 73.4 cm³/mol. The highest BCUT2D eigenvalue weighted by Gasteiger charge is 2.20. The Morgan fingerprint density at radius 1 is 1.32 bits per heavy atom. The molecule has 1 fully saturated rings. The lowest BCUT2D eigenvalue weighted by molar-refractivity contribution is 0.0908. The van der Waals surface area contributed by atoms with Crippen LogP contribution in [-0.4, -0.2) is 28.8 Å². The highest BCUT2D eigenvalue weighted by atomic mass is 35.5. The number of carbonyl (C=O) groups is 1. The number of benzene rings is 1. The van der Waals surface area contributed by atoms with Crippen molar-refractivity contribution in [3.63, 3.8) is 0 Å². The van der Waals surface area contributed by atoms with Crippen LogP contribution in [-0.2, 0) is 0 Å². The SMILES string of the molecule is O=C(NCC1CCC(O)CC1)c1cc(Cl)ccc1O. The van der Waals surface area contributed by atoms with Gasteiger partial charge in [0.2, 0.25) is 0 Å². The lowest BCUT2D eigenvalue weighted by Crippen LogP contribution is -2.32. The first-order chi connectivity index (χ1) is 9.06. The Morgan fingerprint density at radius 2 is 2.00 bits per heavy atom. The highest BCUT2D eigenvalue weighted by Crippen LogP contribution is 2.24. The van der Waals surface area contributed by atoms with Crippen molar-refractivity contribution < 1.29 is 15.0 Å². The van der Waals surface area contributed by atoms with E-state index in [2.05, 4.69) is 5.32 Å². The van der Waals surface area contributed by atoms with E-state index in [0.717, 1.165) is 25.7 Å². The summed E-state index contributed by atoms with van der Waals surface area (Å²) in [5, 5.41) is 22.3. The number of hydrogen-bond donors (Lipinski definition) is 3. The van der Waals surface area contributed by atoms with Crippen molar-refractivity contribution in [3.8, 4) is 5.75 Å². The highest BCUT2D eigenvalue weighted by molar-refractivity contribution is 6.31. The number of hydrogen-bond acceptors (Lipinski definition) is 3. The van der Waals surface area contributed by atoms with Crippen molar-refractivity contribution in [2.45, 2.75) is 31.8 Å². The minimum absolute atomic E-state index is 0.0685. The number of aliphatic hydroxyl groups excluding tert-OH is 1. The largest absolute Gasteiger partial charge is 0.507 e. The van der Waals surface area contributed by atoms with Crippen molar-refractivity contribution >= 4 is 17.5 Å². The number of rotatable bonds is 3. The van der Waals surface area contributed by atoms with Gasteiger partial charge in [0, 0.05) is 11.6 Å². The average molecular weight is 284 g/mol. The first kappa shape index (κ1) is 14.2. The fraction of sp³-hybridized carbons (Fsp3) is 0.500. The molecule has 0 radical (unpaired) electrons. The summed E-state index contributed by atoms with van der Waals surface area (Å²) in [7, 11) is 0. The number of amides is 1. The van der Waals surface area contributed by atoms with Crippen LogP contribution in [0.5, 0.6) is 5.75 Å². The minimum Gasteiger partial charge on any atom is -0.507 e. The van der Waals surface area contributed by atoms with Crippen LogP contribution in [0.3, 0.4) is 0 Å². The van der Waals surface area contributed by atoms with Gasteiger partial charge in [0.1, 0.15) is 5.75 Å². The lowest BCUT2D eigenvalue weighted by Gasteiger charge is -2.25. The van der Waals surface area contributed by atoms with Gasteiger partial charge < -0.3 is 15.5 Å². The second-order valence-corrected chi connectivity index (χ2v) is 5.48. The molecule has 0 unspecified atom stereocenters. The predicted octanol–water partition coefficient (Wildman–Crippen LogP) is 2.33. The average Bonchev–Trinajstić information content (AvgIpc) is 2.40. The molecular formula is C14H18ClNO3. The van der Waals surface area contributed by atoms with Gasteiger partial charge in [-0.25, -0.2) is 0 Å². The number of nitrogens with one attached hydrogen (secondary N) is 1. The molecule has 2 rings (SSSR count). The zero-order valence-electron chi connectivity index (χ0n) is 10.6. The van der Waals surface area contributed by atoms with Gasteiger partial charge in [-0.15, -0.1) is 0 Å². The first-order valence-electron chi connectivity index (χ1n) is 6.51. The van der Waals surface area contributed by atoms with Crippen LogP contribution in [0.2, 0.25) is 5.02 Å². The molecule has 0 saturated heterocycles. The van der Waals surface area contributed by atoms with E-state index in [4.69, 9.17) is 11.6 Å². The molecule has 1 aromatic carbocycles. The van der Waals surface area contributed by atoms with Gasteiger partial charge in [-0.05, 0) is 49.8 Å². The Morgan fingerprint density at radius 3 is 2.68 bits per heavy atom. The molecule has 0 bridgehead atoms. The molecule has 4 nitrogen and oxygen atoms in total. The van der Waals surface area contributed by atoms with E-state index < -0.39 is 0 Å². The fourth-order valence-electron chi connectivity index (χ4n) is 2.37. The molecule has 1 aromatic rings. The third-order valence-electron chi connectivity index (χ3n) is 3.57. The van der Waals surface area contributed by atoms with Crippen molar-refractivity contribution in [1.29, 1.82) is 0 Å². The van der Waals surface area contributed by atoms with Gasteiger partial charge in [0.25, 0.3) is 5.91 Å². The van der Waals surface area contributed by atoms with Crippen LogP contribution in [0.1, 0.15) is 36.0 Å². The Bertz CT molecular complexity index is 456. The van der Waals surface area contributed by atoms with Crippen molar-refractivity contribution in [1.82, 2.24) is 5.32 Å². The minimum atomic E-state index is -0.314. The molecule has 1 aliphatic rings. The van der Waals surface area contributed by atoms with E-state index in [1.807, 2.05) is 0 Å². The molecule has 0 aliphatic heterocycles. The molecule has 1 amide bonds. The van der Waals surface area contributed by atoms with E-state index in [0.29, 0.717) is 17.5 Å². The summed E-state index contributed by atoms with van der Waals surface area (Å²) >= 11 is 5.81. The number of phenols is 1. The van der Waals surface area contributed by atoms with Gasteiger partial charge >= 0.3 is 0 Å². The van der Waals surface area contributed by atoms with Crippen LogP contribution < -0.4 is 5.32 Å². The molecule has 104 valence electrons. The molecule has 0 atom stereocenters. The fourth-order valence-corrected chi connectivity index (χ4v) is 2.54.